The molecule has 2 N–H and O–H groups in total. The number of carbonyl (C=O) groups is 1. The Morgan fingerprint density at radius 1 is 1.26 bits per heavy atom. The van der Waals surface area contributed by atoms with Crippen LogP contribution in [0, 0.1) is 22.7 Å². The molecule has 1 aromatic carbocycles. The number of nitrogens with zero attached hydrogens (tertiary/aromatic N) is 1. The summed E-state index contributed by atoms with van der Waals surface area (Å²) in [7, 11) is 0. The van der Waals surface area contributed by atoms with Crippen LogP contribution in [0.25, 0.3) is 11.3 Å². The van der Waals surface area contributed by atoms with Gasteiger partial charge in [-0.3, -0.25) is 10.1 Å². The van der Waals surface area contributed by atoms with Crippen molar-refractivity contribution in [2.24, 2.45) is 11.3 Å². The van der Waals surface area contributed by atoms with Crippen molar-refractivity contribution < 1.29 is 9.21 Å². The lowest BCUT2D eigenvalue weighted by Gasteiger charge is -2.33. The number of fused-ring (bicyclic) bond motifs is 1. The van der Waals surface area contributed by atoms with Gasteiger partial charge in [-0.05, 0) is 78.7 Å². The second-order valence-electron chi connectivity index (χ2n) is 9.32. The van der Waals surface area contributed by atoms with Gasteiger partial charge in [-0.15, -0.1) is 11.3 Å². The summed E-state index contributed by atoms with van der Waals surface area (Å²) in [5, 5.41) is 17.1. The van der Waals surface area contributed by atoms with Crippen LogP contribution in [0.5, 0.6) is 0 Å². The van der Waals surface area contributed by atoms with Gasteiger partial charge in [0.2, 0.25) is 0 Å². The summed E-state index contributed by atoms with van der Waals surface area (Å²) in [6.07, 6.45) is 2.88. The number of thiophene rings is 1. The van der Waals surface area contributed by atoms with Gasteiger partial charge in [0.05, 0.1) is 10.6 Å². The van der Waals surface area contributed by atoms with E-state index >= 15 is 0 Å². The van der Waals surface area contributed by atoms with E-state index in [2.05, 4.69) is 37.5 Å². The Morgan fingerprint density at radius 3 is 2.71 bits per heavy atom. The molecule has 0 saturated carbocycles. The number of rotatable bonds is 3. The topological polar surface area (TPSA) is 78.1 Å². The Labute approximate surface area is 218 Å². The van der Waals surface area contributed by atoms with Gasteiger partial charge in [-0.2, -0.15) is 5.26 Å². The summed E-state index contributed by atoms with van der Waals surface area (Å²) >= 11 is 19.1. The van der Waals surface area contributed by atoms with Crippen molar-refractivity contribution in [3.05, 3.63) is 62.1 Å². The molecule has 1 aliphatic carbocycles. The maximum absolute atomic E-state index is 12.7. The monoisotopic (exact) mass is 531 g/mol. The molecule has 9 heteroatoms. The Morgan fingerprint density at radius 2 is 2.03 bits per heavy atom. The highest BCUT2D eigenvalue weighted by Gasteiger charge is 2.32. The van der Waals surface area contributed by atoms with Crippen molar-refractivity contribution in [2.75, 3.05) is 5.32 Å². The van der Waals surface area contributed by atoms with E-state index in [0.717, 1.165) is 24.8 Å². The van der Waals surface area contributed by atoms with Gasteiger partial charge in [0.1, 0.15) is 16.8 Å². The third-order valence-corrected chi connectivity index (χ3v) is 8.00. The third-order valence-electron chi connectivity index (χ3n) is 6.08. The molecule has 0 unspecified atom stereocenters. The molecular formula is C25H23Cl2N3O2S2. The minimum atomic E-state index is -0.499. The van der Waals surface area contributed by atoms with Gasteiger partial charge in [0, 0.05) is 15.5 Å². The van der Waals surface area contributed by atoms with Crippen molar-refractivity contribution in [2.45, 2.75) is 40.0 Å². The van der Waals surface area contributed by atoms with Crippen molar-refractivity contribution >= 4 is 62.8 Å². The number of carbonyl (C=O) groups excluding carboxylic acids is 1. The molecule has 4 rings (SSSR count). The molecule has 1 amide bonds. The summed E-state index contributed by atoms with van der Waals surface area (Å²) in [6, 6.07) is 10.6. The second-order valence-corrected chi connectivity index (χ2v) is 11.7. The fourth-order valence-corrected chi connectivity index (χ4v) is 6.17. The molecule has 0 saturated heterocycles. The van der Waals surface area contributed by atoms with Crippen molar-refractivity contribution in [3.63, 3.8) is 0 Å². The van der Waals surface area contributed by atoms with Gasteiger partial charge >= 0.3 is 0 Å². The second kappa shape index (κ2) is 9.71. The maximum atomic E-state index is 12.7. The maximum Gasteiger partial charge on any atom is 0.293 e. The number of thiocarbonyl (C=S) groups is 1. The molecule has 5 nitrogen and oxygen atoms in total. The summed E-state index contributed by atoms with van der Waals surface area (Å²) in [4.78, 5) is 13.9. The van der Waals surface area contributed by atoms with Crippen LogP contribution in [0.1, 0.15) is 53.8 Å². The number of furan rings is 1. The zero-order valence-electron chi connectivity index (χ0n) is 18.9. The SMILES string of the molecule is CC(C)(C)[C@@H]1CCc2c(sc(NC(=S)NC(=O)c3ccc(-c4ccc(Cl)cc4Cl)o3)c2C#N)C1. The number of hydrogen-bond acceptors (Lipinski definition) is 5. The highest BCUT2D eigenvalue weighted by Crippen LogP contribution is 2.44. The molecule has 2 heterocycles. The first-order valence-corrected chi connectivity index (χ1v) is 12.8. The summed E-state index contributed by atoms with van der Waals surface area (Å²) in [6.45, 7) is 6.77. The molecule has 0 radical (unpaired) electrons. The number of nitriles is 1. The Hall–Kier alpha value is -2.37. The average molecular weight is 533 g/mol. The van der Waals surface area contributed by atoms with E-state index in [9.17, 15) is 10.1 Å². The van der Waals surface area contributed by atoms with Crippen LogP contribution in [0.2, 0.25) is 10.0 Å². The lowest BCUT2D eigenvalue weighted by molar-refractivity contribution is 0.0951. The first-order valence-electron chi connectivity index (χ1n) is 10.8. The van der Waals surface area contributed by atoms with Crippen molar-refractivity contribution in [1.29, 1.82) is 5.26 Å². The normalized spacial score (nSPS) is 15.4. The van der Waals surface area contributed by atoms with E-state index in [0.29, 0.717) is 37.9 Å². The smallest absolute Gasteiger partial charge is 0.293 e. The minimum absolute atomic E-state index is 0.0872. The number of amides is 1. The highest BCUT2D eigenvalue weighted by atomic mass is 35.5. The molecule has 176 valence electrons. The van der Waals surface area contributed by atoms with E-state index in [1.165, 1.54) is 4.88 Å². The number of hydrogen-bond donors (Lipinski definition) is 2. The van der Waals surface area contributed by atoms with Crippen LogP contribution in [-0.2, 0) is 12.8 Å². The van der Waals surface area contributed by atoms with E-state index < -0.39 is 5.91 Å². The first-order chi connectivity index (χ1) is 16.1. The molecule has 1 atom stereocenters. The third kappa shape index (κ3) is 5.16. The summed E-state index contributed by atoms with van der Waals surface area (Å²) in [5.41, 5.74) is 2.55. The molecule has 2 aromatic heterocycles. The van der Waals surface area contributed by atoms with Gasteiger partial charge < -0.3 is 9.73 Å². The van der Waals surface area contributed by atoms with E-state index in [1.807, 2.05) is 0 Å². The van der Waals surface area contributed by atoms with Gasteiger partial charge in [0.15, 0.2) is 10.9 Å². The minimum Gasteiger partial charge on any atom is -0.451 e. The predicted molar refractivity (Wildman–Crippen MR) is 142 cm³/mol. The fraction of sp³-hybridized carbons (Fsp3) is 0.320. The zero-order chi connectivity index (χ0) is 24.6. The lowest BCUT2D eigenvalue weighted by atomic mass is 9.72. The first kappa shape index (κ1) is 24.7. The van der Waals surface area contributed by atoms with Crippen molar-refractivity contribution in [1.82, 2.24) is 5.32 Å². The summed E-state index contributed by atoms with van der Waals surface area (Å²) in [5.74, 6) is 0.592. The lowest BCUT2D eigenvalue weighted by Crippen LogP contribution is -2.33. The van der Waals surface area contributed by atoms with E-state index in [1.54, 1.807) is 41.7 Å². The zero-order valence-corrected chi connectivity index (χ0v) is 22.1. The Bertz CT molecular complexity index is 1310. The Balaban J connectivity index is 1.46. The molecule has 0 bridgehead atoms. The van der Waals surface area contributed by atoms with Gasteiger partial charge in [0.25, 0.3) is 5.91 Å². The predicted octanol–water partition coefficient (Wildman–Crippen LogP) is 7.46. The molecule has 3 aromatic rings. The summed E-state index contributed by atoms with van der Waals surface area (Å²) < 4.78 is 5.68. The van der Waals surface area contributed by atoms with Gasteiger partial charge in [-0.1, -0.05) is 44.0 Å². The van der Waals surface area contributed by atoms with E-state index in [-0.39, 0.29) is 16.3 Å². The van der Waals surface area contributed by atoms with Crippen molar-refractivity contribution in [3.8, 4) is 17.4 Å². The molecular weight excluding hydrogens is 509 g/mol. The molecule has 1 aliphatic rings. The van der Waals surface area contributed by atoms with Crippen LogP contribution in [0.4, 0.5) is 5.00 Å². The molecule has 34 heavy (non-hydrogen) atoms. The van der Waals surface area contributed by atoms with E-state index in [4.69, 9.17) is 39.8 Å². The number of halogens is 2. The molecule has 0 aliphatic heterocycles. The van der Waals surface area contributed by atoms with Crippen LogP contribution in [0.15, 0.2) is 34.7 Å². The molecule has 0 fully saturated rings. The van der Waals surface area contributed by atoms with Crippen LogP contribution in [-0.4, -0.2) is 11.0 Å². The van der Waals surface area contributed by atoms with Crippen LogP contribution < -0.4 is 10.6 Å². The van der Waals surface area contributed by atoms with Crippen LogP contribution >= 0.6 is 46.8 Å². The standard InChI is InChI=1S/C25H23Cl2N3O2S2/c1-25(2,3)13-4-6-15-17(12-28)23(34-21(15)10-13)30-24(33)29-22(31)20-9-8-19(32-20)16-7-5-14(26)11-18(16)27/h5,7-9,11,13H,4,6,10H2,1-3H3,(H2,29,30,31,33)/t13-/m1/s1. The number of anilines is 1. The highest BCUT2D eigenvalue weighted by molar-refractivity contribution is 7.80. The molecule has 0 spiro atoms. The Kier molecular flexibility index (Phi) is 7.07. The van der Waals surface area contributed by atoms with Crippen LogP contribution in [0.3, 0.4) is 0 Å². The van der Waals surface area contributed by atoms with Gasteiger partial charge in [-0.25, -0.2) is 0 Å². The number of nitrogens with one attached hydrogen (secondary N) is 2. The largest absolute Gasteiger partial charge is 0.451 e. The quantitative estimate of drug-likeness (QED) is 0.342. The fourth-order valence-electron chi connectivity index (χ4n) is 4.12. The number of benzene rings is 1. The average Bonchev–Trinajstić information content (AvgIpc) is 3.37.